The first kappa shape index (κ1) is 13.1. The Kier molecular flexibility index (Phi) is 3.69. The van der Waals surface area contributed by atoms with Crippen molar-refractivity contribution in [3.05, 3.63) is 41.5 Å². The van der Waals surface area contributed by atoms with Gasteiger partial charge >= 0.3 is 0 Å². The highest BCUT2D eigenvalue weighted by atomic mass is 16.5. The number of rotatable bonds is 4. The first-order valence-electron chi connectivity index (χ1n) is 7.04. The fourth-order valence-corrected chi connectivity index (χ4v) is 2.47. The van der Waals surface area contributed by atoms with Crippen LogP contribution >= 0.6 is 0 Å². The molecule has 0 aliphatic carbocycles. The van der Waals surface area contributed by atoms with Crippen molar-refractivity contribution in [3.8, 4) is 5.75 Å². The van der Waals surface area contributed by atoms with Gasteiger partial charge in [-0.05, 0) is 25.8 Å². The van der Waals surface area contributed by atoms with Crippen LogP contribution in [0.3, 0.4) is 0 Å². The van der Waals surface area contributed by atoms with Crippen LogP contribution in [0.25, 0.3) is 0 Å². The highest BCUT2D eigenvalue weighted by molar-refractivity contribution is 5.40. The zero-order valence-corrected chi connectivity index (χ0v) is 11.6. The van der Waals surface area contributed by atoms with E-state index in [9.17, 15) is 0 Å². The average Bonchev–Trinajstić information content (AvgIpc) is 2.93. The Morgan fingerprint density at radius 3 is 3.10 bits per heavy atom. The van der Waals surface area contributed by atoms with E-state index in [1.165, 1.54) is 0 Å². The summed E-state index contributed by atoms with van der Waals surface area (Å²) in [6, 6.07) is 8.19. The van der Waals surface area contributed by atoms with E-state index in [0.29, 0.717) is 12.5 Å². The van der Waals surface area contributed by atoms with Gasteiger partial charge in [0, 0.05) is 18.0 Å². The van der Waals surface area contributed by atoms with Gasteiger partial charge in [-0.2, -0.15) is 4.98 Å². The van der Waals surface area contributed by atoms with E-state index in [0.717, 1.165) is 36.4 Å². The van der Waals surface area contributed by atoms with Gasteiger partial charge in [0.1, 0.15) is 5.75 Å². The summed E-state index contributed by atoms with van der Waals surface area (Å²) in [5.41, 5.74) is 6.88. The lowest BCUT2D eigenvalue weighted by Crippen LogP contribution is -2.16. The van der Waals surface area contributed by atoms with Gasteiger partial charge < -0.3 is 15.0 Å². The number of aryl methyl sites for hydroxylation is 1. The zero-order valence-electron chi connectivity index (χ0n) is 11.6. The number of nitrogens with two attached hydrogens (primary N) is 1. The molecule has 0 bridgehead atoms. The molecule has 2 aromatic rings. The van der Waals surface area contributed by atoms with Gasteiger partial charge in [-0.1, -0.05) is 23.4 Å². The Balaban J connectivity index is 1.80. The highest BCUT2D eigenvalue weighted by Gasteiger charge is 2.26. The van der Waals surface area contributed by atoms with Crippen molar-refractivity contribution < 1.29 is 9.26 Å². The van der Waals surface area contributed by atoms with Crippen molar-refractivity contribution in [2.75, 3.05) is 6.61 Å². The minimum atomic E-state index is 0.147. The minimum absolute atomic E-state index is 0.147. The average molecular weight is 273 g/mol. The third-order valence-electron chi connectivity index (χ3n) is 3.57. The molecule has 1 aliphatic rings. The van der Waals surface area contributed by atoms with Crippen molar-refractivity contribution in [1.29, 1.82) is 0 Å². The molecule has 5 nitrogen and oxygen atoms in total. The highest BCUT2D eigenvalue weighted by Crippen LogP contribution is 2.36. The predicted octanol–water partition coefficient (Wildman–Crippen LogP) is 2.26. The van der Waals surface area contributed by atoms with Crippen molar-refractivity contribution in [2.24, 2.45) is 5.73 Å². The molecule has 106 valence electrons. The molecule has 2 unspecified atom stereocenters. The van der Waals surface area contributed by atoms with Crippen LogP contribution in [0.15, 0.2) is 28.8 Å². The van der Waals surface area contributed by atoms with E-state index < -0.39 is 0 Å². The van der Waals surface area contributed by atoms with Crippen LogP contribution in [0.5, 0.6) is 5.75 Å². The van der Waals surface area contributed by atoms with Gasteiger partial charge in [-0.15, -0.1) is 0 Å². The number of benzene rings is 1. The second-order valence-electron chi connectivity index (χ2n) is 5.29. The van der Waals surface area contributed by atoms with Gasteiger partial charge in [0.05, 0.1) is 12.5 Å². The van der Waals surface area contributed by atoms with Crippen molar-refractivity contribution in [3.63, 3.8) is 0 Å². The van der Waals surface area contributed by atoms with E-state index in [4.69, 9.17) is 15.0 Å². The number of ether oxygens (including phenoxy) is 1. The number of aromatic nitrogens is 2. The molecular weight excluding hydrogens is 254 g/mol. The second kappa shape index (κ2) is 5.63. The Labute approximate surface area is 118 Å². The summed E-state index contributed by atoms with van der Waals surface area (Å²) in [6.07, 6.45) is 2.46. The lowest BCUT2D eigenvalue weighted by Gasteiger charge is -2.23. The summed E-state index contributed by atoms with van der Waals surface area (Å²) in [4.78, 5) is 4.52. The molecule has 1 aliphatic heterocycles. The van der Waals surface area contributed by atoms with Gasteiger partial charge in [0.15, 0.2) is 5.82 Å². The first-order chi connectivity index (χ1) is 9.74. The summed E-state index contributed by atoms with van der Waals surface area (Å²) in [7, 11) is 0. The van der Waals surface area contributed by atoms with Crippen LogP contribution in [0.4, 0.5) is 0 Å². The summed E-state index contributed by atoms with van der Waals surface area (Å²) < 4.78 is 11.0. The fourth-order valence-electron chi connectivity index (χ4n) is 2.47. The summed E-state index contributed by atoms with van der Waals surface area (Å²) in [6.45, 7) is 2.66. The molecule has 0 radical (unpaired) electrons. The first-order valence-corrected chi connectivity index (χ1v) is 7.04. The van der Waals surface area contributed by atoms with Crippen LogP contribution in [0, 0.1) is 0 Å². The molecule has 0 saturated heterocycles. The molecule has 1 aromatic heterocycles. The smallest absolute Gasteiger partial charge is 0.226 e. The van der Waals surface area contributed by atoms with Crippen LogP contribution in [0.2, 0.25) is 0 Å². The topological polar surface area (TPSA) is 74.2 Å². The Morgan fingerprint density at radius 1 is 1.40 bits per heavy atom. The van der Waals surface area contributed by atoms with Gasteiger partial charge in [-0.25, -0.2) is 0 Å². The Hall–Kier alpha value is -1.88. The van der Waals surface area contributed by atoms with Gasteiger partial charge in [-0.3, -0.25) is 0 Å². The number of hydrogen-bond acceptors (Lipinski definition) is 5. The normalized spacial score (nSPS) is 19.2. The SMILES string of the molecule is CC(N)CCc1nc(C2CCOc3ccccc32)no1. The fraction of sp³-hybridized carbons (Fsp3) is 0.467. The molecule has 3 rings (SSSR count). The van der Waals surface area contributed by atoms with Crippen LogP contribution in [-0.2, 0) is 6.42 Å². The number of fused-ring (bicyclic) bond motifs is 1. The molecule has 0 amide bonds. The van der Waals surface area contributed by atoms with Crippen molar-refractivity contribution >= 4 is 0 Å². The van der Waals surface area contributed by atoms with E-state index in [1.54, 1.807) is 0 Å². The summed E-state index contributed by atoms with van der Waals surface area (Å²) in [5, 5.41) is 4.13. The third kappa shape index (κ3) is 2.67. The summed E-state index contributed by atoms with van der Waals surface area (Å²) in [5.74, 6) is 2.50. The molecule has 2 N–H and O–H groups in total. The largest absolute Gasteiger partial charge is 0.493 e. The predicted molar refractivity (Wildman–Crippen MR) is 74.7 cm³/mol. The Morgan fingerprint density at radius 2 is 2.25 bits per heavy atom. The molecule has 2 heterocycles. The van der Waals surface area contributed by atoms with Crippen LogP contribution in [0.1, 0.15) is 43.0 Å². The molecular formula is C15H19N3O2. The number of nitrogens with zero attached hydrogens (tertiary/aromatic N) is 2. The van der Waals surface area contributed by atoms with Crippen LogP contribution in [-0.4, -0.2) is 22.8 Å². The quantitative estimate of drug-likeness (QED) is 0.925. The molecule has 2 atom stereocenters. The zero-order chi connectivity index (χ0) is 13.9. The third-order valence-corrected chi connectivity index (χ3v) is 3.57. The van der Waals surface area contributed by atoms with Gasteiger partial charge in [0.2, 0.25) is 5.89 Å². The van der Waals surface area contributed by atoms with Crippen molar-refractivity contribution in [1.82, 2.24) is 10.1 Å². The minimum Gasteiger partial charge on any atom is -0.493 e. The molecule has 0 fully saturated rings. The van der Waals surface area contributed by atoms with Crippen molar-refractivity contribution in [2.45, 2.75) is 38.1 Å². The second-order valence-corrected chi connectivity index (χ2v) is 5.29. The number of para-hydroxylation sites is 1. The van der Waals surface area contributed by atoms with E-state index >= 15 is 0 Å². The maximum Gasteiger partial charge on any atom is 0.226 e. The van der Waals surface area contributed by atoms with E-state index in [-0.39, 0.29) is 12.0 Å². The van der Waals surface area contributed by atoms with E-state index in [2.05, 4.69) is 16.2 Å². The Bertz CT molecular complexity index is 580. The maximum atomic E-state index is 5.75. The van der Waals surface area contributed by atoms with Crippen LogP contribution < -0.4 is 10.5 Å². The molecule has 0 spiro atoms. The molecule has 5 heteroatoms. The lowest BCUT2D eigenvalue weighted by atomic mass is 9.92. The van der Waals surface area contributed by atoms with Gasteiger partial charge in [0.25, 0.3) is 0 Å². The maximum absolute atomic E-state index is 5.75. The van der Waals surface area contributed by atoms with E-state index in [1.807, 2.05) is 25.1 Å². The summed E-state index contributed by atoms with van der Waals surface area (Å²) >= 11 is 0. The monoisotopic (exact) mass is 273 g/mol. The number of hydrogen-bond donors (Lipinski definition) is 1. The molecule has 0 saturated carbocycles. The molecule has 20 heavy (non-hydrogen) atoms. The molecule has 1 aromatic carbocycles. The lowest BCUT2D eigenvalue weighted by molar-refractivity contribution is 0.272. The standard InChI is InChI=1S/C15H19N3O2/c1-10(16)6-7-14-17-15(18-20-14)12-8-9-19-13-5-3-2-4-11(12)13/h2-5,10,12H,6-9,16H2,1H3.